The zero-order chi connectivity index (χ0) is 14.3. The van der Waals surface area contributed by atoms with Crippen molar-refractivity contribution in [1.82, 2.24) is 0 Å². The molecule has 3 N–H and O–H groups in total. The summed E-state index contributed by atoms with van der Waals surface area (Å²) in [5.74, 6) is -2.38. The van der Waals surface area contributed by atoms with Crippen LogP contribution in [0.1, 0.15) is 20.8 Å². The van der Waals surface area contributed by atoms with E-state index >= 15 is 0 Å². The summed E-state index contributed by atoms with van der Waals surface area (Å²) < 4.78 is 5.03. The zero-order valence-electron chi connectivity index (χ0n) is 10.6. The summed E-state index contributed by atoms with van der Waals surface area (Å²) in [4.78, 5) is 21.4. The van der Waals surface area contributed by atoms with Crippen LogP contribution in [0.25, 0.3) is 0 Å². The summed E-state index contributed by atoms with van der Waals surface area (Å²) in [6.45, 7) is 4.44. The summed E-state index contributed by atoms with van der Waals surface area (Å²) >= 11 is 0. The van der Waals surface area contributed by atoms with Gasteiger partial charge in [-0.05, 0) is 32.9 Å². The minimum atomic E-state index is -1.75. The summed E-state index contributed by atoms with van der Waals surface area (Å²) in [6, 6.07) is 0. The van der Waals surface area contributed by atoms with Crippen LogP contribution in [-0.2, 0) is 14.3 Å². The van der Waals surface area contributed by atoms with E-state index in [0.29, 0.717) is 6.61 Å². The third-order valence-electron chi connectivity index (χ3n) is 2.14. The van der Waals surface area contributed by atoms with Gasteiger partial charge in [0.2, 0.25) is 0 Å². The topological polar surface area (TPSA) is 104 Å². The van der Waals surface area contributed by atoms with Gasteiger partial charge in [-0.1, -0.05) is 0 Å². The predicted octanol–water partition coefficient (Wildman–Crippen LogP) is 0.816. The van der Waals surface area contributed by atoms with Crippen LogP contribution in [0.15, 0.2) is 23.3 Å². The SMILES string of the molecule is CCOCC(O)(C=C(C)C(=O)O)C=C(C)C(=O)O. The highest BCUT2D eigenvalue weighted by Crippen LogP contribution is 2.16. The lowest BCUT2D eigenvalue weighted by atomic mass is 9.98. The third kappa shape index (κ3) is 5.60. The van der Waals surface area contributed by atoms with Crippen molar-refractivity contribution >= 4 is 11.9 Å². The molecular formula is C12H18O6. The molecule has 0 aromatic heterocycles. The van der Waals surface area contributed by atoms with E-state index in [9.17, 15) is 14.7 Å². The molecule has 0 rings (SSSR count). The Bertz CT molecular complexity index is 350. The highest BCUT2D eigenvalue weighted by molar-refractivity contribution is 5.87. The van der Waals surface area contributed by atoms with Crippen molar-refractivity contribution in [2.24, 2.45) is 0 Å². The molecule has 0 aliphatic carbocycles. The van der Waals surface area contributed by atoms with Gasteiger partial charge < -0.3 is 20.1 Å². The minimum Gasteiger partial charge on any atom is -0.478 e. The van der Waals surface area contributed by atoms with E-state index in [0.717, 1.165) is 12.2 Å². The first-order chi connectivity index (χ1) is 8.22. The van der Waals surface area contributed by atoms with Gasteiger partial charge in [0.15, 0.2) is 0 Å². The van der Waals surface area contributed by atoms with Crippen LogP contribution < -0.4 is 0 Å². The van der Waals surface area contributed by atoms with E-state index in [1.807, 2.05) is 0 Å². The van der Waals surface area contributed by atoms with E-state index < -0.39 is 17.5 Å². The van der Waals surface area contributed by atoms with Crippen molar-refractivity contribution in [3.8, 4) is 0 Å². The van der Waals surface area contributed by atoms with Crippen molar-refractivity contribution in [3.05, 3.63) is 23.3 Å². The number of carboxylic acids is 2. The number of aliphatic carboxylic acids is 2. The molecule has 0 atom stereocenters. The summed E-state index contributed by atoms with van der Waals surface area (Å²) in [5.41, 5.74) is -1.93. The van der Waals surface area contributed by atoms with Gasteiger partial charge in [-0.3, -0.25) is 0 Å². The average Bonchev–Trinajstić information content (AvgIpc) is 2.25. The van der Waals surface area contributed by atoms with Gasteiger partial charge in [-0.15, -0.1) is 0 Å². The van der Waals surface area contributed by atoms with Crippen molar-refractivity contribution in [2.45, 2.75) is 26.4 Å². The second kappa shape index (κ2) is 6.93. The molecule has 0 aliphatic rings. The predicted molar refractivity (Wildman–Crippen MR) is 64.2 cm³/mol. The van der Waals surface area contributed by atoms with Gasteiger partial charge in [0.25, 0.3) is 0 Å². The summed E-state index contributed by atoms with van der Waals surface area (Å²) in [5, 5.41) is 27.7. The minimum absolute atomic E-state index is 0.0911. The largest absolute Gasteiger partial charge is 0.478 e. The normalized spacial score (nSPS) is 16.2. The Morgan fingerprint density at radius 3 is 1.78 bits per heavy atom. The van der Waals surface area contributed by atoms with E-state index in [-0.39, 0.29) is 17.8 Å². The number of carbonyl (C=O) groups is 2. The Morgan fingerprint density at radius 2 is 1.50 bits per heavy atom. The van der Waals surface area contributed by atoms with Crippen LogP contribution in [0.3, 0.4) is 0 Å². The Morgan fingerprint density at radius 1 is 1.11 bits per heavy atom. The third-order valence-corrected chi connectivity index (χ3v) is 2.14. The van der Waals surface area contributed by atoms with Crippen LogP contribution >= 0.6 is 0 Å². The molecule has 0 aromatic carbocycles. The lowest BCUT2D eigenvalue weighted by Gasteiger charge is -2.21. The molecule has 0 saturated heterocycles. The van der Waals surface area contributed by atoms with Crippen molar-refractivity contribution in [2.75, 3.05) is 13.2 Å². The highest BCUT2D eigenvalue weighted by Gasteiger charge is 2.24. The molecule has 0 radical (unpaired) electrons. The van der Waals surface area contributed by atoms with Gasteiger partial charge in [0.05, 0.1) is 6.61 Å². The lowest BCUT2D eigenvalue weighted by Crippen LogP contribution is -2.32. The van der Waals surface area contributed by atoms with Crippen molar-refractivity contribution in [3.63, 3.8) is 0 Å². The first-order valence-electron chi connectivity index (χ1n) is 5.37. The van der Waals surface area contributed by atoms with Gasteiger partial charge >= 0.3 is 11.9 Å². The number of carboxylic acid groups (broad SMARTS) is 2. The van der Waals surface area contributed by atoms with E-state index in [1.165, 1.54) is 13.8 Å². The highest BCUT2D eigenvalue weighted by atomic mass is 16.5. The molecule has 0 saturated carbocycles. The molecule has 6 heteroatoms. The van der Waals surface area contributed by atoms with E-state index in [2.05, 4.69) is 0 Å². The molecule has 18 heavy (non-hydrogen) atoms. The Hall–Kier alpha value is -1.66. The zero-order valence-corrected chi connectivity index (χ0v) is 10.6. The van der Waals surface area contributed by atoms with Crippen LogP contribution in [0.4, 0.5) is 0 Å². The van der Waals surface area contributed by atoms with Crippen LogP contribution in [0.2, 0.25) is 0 Å². The summed E-state index contributed by atoms with van der Waals surface area (Å²) in [6.07, 6.45) is 2.13. The average molecular weight is 258 g/mol. The van der Waals surface area contributed by atoms with Crippen molar-refractivity contribution < 1.29 is 29.6 Å². The molecule has 102 valence electrons. The van der Waals surface area contributed by atoms with Crippen LogP contribution in [0, 0.1) is 0 Å². The molecule has 0 aliphatic heterocycles. The fraction of sp³-hybridized carbons (Fsp3) is 0.500. The van der Waals surface area contributed by atoms with Gasteiger partial charge in [-0.25, -0.2) is 9.59 Å². The number of hydrogen-bond acceptors (Lipinski definition) is 4. The monoisotopic (exact) mass is 258 g/mol. The summed E-state index contributed by atoms with van der Waals surface area (Å²) in [7, 11) is 0. The Kier molecular flexibility index (Phi) is 6.29. The van der Waals surface area contributed by atoms with Crippen LogP contribution in [-0.4, -0.2) is 46.1 Å². The molecule has 0 aromatic rings. The molecule has 0 heterocycles. The first kappa shape index (κ1) is 16.3. The Labute approximate surface area is 105 Å². The van der Waals surface area contributed by atoms with E-state index in [4.69, 9.17) is 14.9 Å². The second-order valence-electron chi connectivity index (χ2n) is 3.89. The smallest absolute Gasteiger partial charge is 0.331 e. The second-order valence-corrected chi connectivity index (χ2v) is 3.89. The van der Waals surface area contributed by atoms with Crippen molar-refractivity contribution in [1.29, 1.82) is 0 Å². The van der Waals surface area contributed by atoms with Gasteiger partial charge in [0.1, 0.15) is 5.60 Å². The number of aliphatic hydroxyl groups is 1. The molecule has 0 unspecified atom stereocenters. The fourth-order valence-corrected chi connectivity index (χ4v) is 1.26. The molecular weight excluding hydrogens is 240 g/mol. The number of ether oxygens (including phenoxy) is 1. The van der Waals surface area contributed by atoms with Gasteiger partial charge in [-0.2, -0.15) is 0 Å². The maximum atomic E-state index is 10.7. The maximum Gasteiger partial charge on any atom is 0.331 e. The molecule has 0 spiro atoms. The quantitative estimate of drug-likeness (QED) is 0.584. The van der Waals surface area contributed by atoms with E-state index in [1.54, 1.807) is 6.92 Å². The molecule has 0 bridgehead atoms. The lowest BCUT2D eigenvalue weighted by molar-refractivity contribution is -0.133. The van der Waals surface area contributed by atoms with Gasteiger partial charge in [0, 0.05) is 17.8 Å². The first-order valence-corrected chi connectivity index (χ1v) is 5.37. The van der Waals surface area contributed by atoms with Crippen LogP contribution in [0.5, 0.6) is 0 Å². The fourth-order valence-electron chi connectivity index (χ4n) is 1.26. The maximum absolute atomic E-state index is 10.7. The standard InChI is InChI=1S/C12H18O6/c1-4-18-7-12(17,5-8(2)10(13)14)6-9(3)11(15)16/h5-6,17H,4,7H2,1-3H3,(H,13,14)(H,15,16). The molecule has 0 amide bonds. The number of hydrogen-bond donors (Lipinski definition) is 3. The Balaban J connectivity index is 5.30. The number of rotatable bonds is 7. The molecule has 0 fully saturated rings. The molecule has 6 nitrogen and oxygen atoms in total.